The molecule has 2 nitrogen and oxygen atoms in total. The Balaban J connectivity index is 1.98. The third-order valence-electron chi connectivity index (χ3n) is 3.86. The Morgan fingerprint density at radius 2 is 2.11 bits per heavy atom. The average molecular weight is 282 g/mol. The fourth-order valence-corrected chi connectivity index (χ4v) is 2.75. The average Bonchev–Trinajstić information content (AvgIpc) is 2.28. The van der Waals surface area contributed by atoms with Crippen LogP contribution in [0.2, 0.25) is 5.02 Å². The quantitative estimate of drug-likeness (QED) is 0.838. The van der Waals surface area contributed by atoms with E-state index >= 15 is 0 Å². The number of rotatable bonds is 6. The normalized spacial score (nSPS) is 17.3. The van der Waals surface area contributed by atoms with Crippen LogP contribution in [0.1, 0.15) is 45.1 Å². The van der Waals surface area contributed by atoms with Gasteiger partial charge in [-0.1, -0.05) is 25.4 Å². The van der Waals surface area contributed by atoms with Gasteiger partial charge in [-0.05, 0) is 62.9 Å². The summed E-state index contributed by atoms with van der Waals surface area (Å²) in [6.45, 7) is 7.43. The van der Waals surface area contributed by atoms with Gasteiger partial charge in [0.15, 0.2) is 0 Å². The van der Waals surface area contributed by atoms with Crippen LogP contribution in [-0.4, -0.2) is 18.2 Å². The van der Waals surface area contributed by atoms with Crippen LogP contribution >= 0.6 is 11.6 Å². The van der Waals surface area contributed by atoms with E-state index in [1.165, 1.54) is 6.42 Å². The summed E-state index contributed by atoms with van der Waals surface area (Å²) in [4.78, 5) is 0. The number of aryl methyl sites for hydroxylation is 1. The summed E-state index contributed by atoms with van der Waals surface area (Å²) in [5.41, 5.74) is 1.16. The fourth-order valence-electron chi connectivity index (χ4n) is 2.52. The maximum absolute atomic E-state index is 6.31. The Morgan fingerprint density at radius 3 is 2.63 bits per heavy atom. The molecule has 0 aromatic heterocycles. The molecule has 0 bridgehead atoms. The first-order valence-electron chi connectivity index (χ1n) is 7.19. The smallest absolute Gasteiger partial charge is 0.123 e. The van der Waals surface area contributed by atoms with Crippen molar-refractivity contribution >= 4 is 11.6 Å². The largest absolute Gasteiger partial charge is 0.487 e. The summed E-state index contributed by atoms with van der Waals surface area (Å²) in [5, 5.41) is 4.25. The standard InChI is InChI=1S/C16H24ClNO/c1-12(2)18-10-9-16(7-4-8-16)19-15-6-5-14(17)11-13(15)3/h5-6,11-12,18H,4,7-10H2,1-3H3. The third kappa shape index (κ3) is 3.87. The first-order chi connectivity index (χ1) is 9.01. The molecule has 0 amide bonds. The number of benzene rings is 1. The second-order valence-corrected chi connectivity index (χ2v) is 6.34. The Labute approximate surface area is 121 Å². The van der Waals surface area contributed by atoms with Gasteiger partial charge in [0.05, 0.1) is 0 Å². The van der Waals surface area contributed by atoms with Crippen LogP contribution in [-0.2, 0) is 0 Å². The minimum atomic E-state index is 0.0421. The highest BCUT2D eigenvalue weighted by Gasteiger charge is 2.39. The molecule has 0 unspecified atom stereocenters. The van der Waals surface area contributed by atoms with E-state index in [1.54, 1.807) is 0 Å². The molecule has 0 atom stereocenters. The lowest BCUT2D eigenvalue weighted by Crippen LogP contribution is -2.46. The maximum Gasteiger partial charge on any atom is 0.123 e. The highest BCUT2D eigenvalue weighted by molar-refractivity contribution is 6.30. The molecule has 1 N–H and O–H groups in total. The van der Waals surface area contributed by atoms with E-state index in [1.807, 2.05) is 18.2 Å². The Morgan fingerprint density at radius 1 is 1.37 bits per heavy atom. The van der Waals surface area contributed by atoms with Crippen LogP contribution in [0.15, 0.2) is 18.2 Å². The van der Waals surface area contributed by atoms with Gasteiger partial charge in [0.2, 0.25) is 0 Å². The van der Waals surface area contributed by atoms with Crippen LogP contribution in [0.3, 0.4) is 0 Å². The molecule has 0 radical (unpaired) electrons. The molecular weight excluding hydrogens is 258 g/mol. The second kappa shape index (κ2) is 6.15. The summed E-state index contributed by atoms with van der Waals surface area (Å²) in [5.74, 6) is 0.980. The topological polar surface area (TPSA) is 21.3 Å². The molecule has 1 aromatic carbocycles. The van der Waals surface area contributed by atoms with Crippen molar-refractivity contribution in [3.05, 3.63) is 28.8 Å². The number of halogens is 1. The van der Waals surface area contributed by atoms with Gasteiger partial charge in [0, 0.05) is 11.1 Å². The molecule has 19 heavy (non-hydrogen) atoms. The van der Waals surface area contributed by atoms with Gasteiger partial charge in [-0.15, -0.1) is 0 Å². The van der Waals surface area contributed by atoms with E-state index in [0.717, 1.165) is 42.1 Å². The monoisotopic (exact) mass is 281 g/mol. The van der Waals surface area contributed by atoms with Crippen molar-refractivity contribution in [1.29, 1.82) is 0 Å². The predicted molar refractivity (Wildman–Crippen MR) is 81.2 cm³/mol. The van der Waals surface area contributed by atoms with Gasteiger partial charge >= 0.3 is 0 Å². The summed E-state index contributed by atoms with van der Waals surface area (Å²) >= 11 is 5.99. The molecule has 1 saturated carbocycles. The van der Waals surface area contributed by atoms with Crippen molar-refractivity contribution in [2.75, 3.05) is 6.54 Å². The molecule has 0 saturated heterocycles. The molecular formula is C16H24ClNO. The van der Waals surface area contributed by atoms with Crippen LogP contribution in [0.5, 0.6) is 5.75 Å². The van der Waals surface area contributed by atoms with E-state index in [9.17, 15) is 0 Å². The van der Waals surface area contributed by atoms with Crippen molar-refractivity contribution in [3.63, 3.8) is 0 Å². The molecule has 0 heterocycles. The van der Waals surface area contributed by atoms with Crippen molar-refractivity contribution in [1.82, 2.24) is 5.32 Å². The molecule has 0 aliphatic heterocycles. The Bertz CT molecular complexity index is 427. The fraction of sp³-hybridized carbons (Fsp3) is 0.625. The van der Waals surface area contributed by atoms with Crippen molar-refractivity contribution in [3.8, 4) is 5.75 Å². The van der Waals surface area contributed by atoms with Gasteiger partial charge < -0.3 is 10.1 Å². The Hall–Kier alpha value is -0.730. The lowest BCUT2D eigenvalue weighted by molar-refractivity contribution is -0.0150. The Kier molecular flexibility index (Phi) is 4.75. The first-order valence-corrected chi connectivity index (χ1v) is 7.57. The molecule has 0 spiro atoms. The summed E-state index contributed by atoms with van der Waals surface area (Å²) in [6, 6.07) is 6.40. The minimum Gasteiger partial charge on any atom is -0.487 e. The zero-order valence-electron chi connectivity index (χ0n) is 12.1. The van der Waals surface area contributed by atoms with E-state index in [2.05, 4.69) is 26.1 Å². The highest BCUT2D eigenvalue weighted by atomic mass is 35.5. The van der Waals surface area contributed by atoms with E-state index in [4.69, 9.17) is 16.3 Å². The van der Waals surface area contributed by atoms with Gasteiger partial charge in [-0.25, -0.2) is 0 Å². The van der Waals surface area contributed by atoms with Gasteiger partial charge in [0.25, 0.3) is 0 Å². The molecule has 1 aliphatic carbocycles. The zero-order chi connectivity index (χ0) is 13.9. The molecule has 1 fully saturated rings. The number of hydrogen-bond acceptors (Lipinski definition) is 2. The second-order valence-electron chi connectivity index (χ2n) is 5.91. The van der Waals surface area contributed by atoms with E-state index in [0.29, 0.717) is 6.04 Å². The summed E-state index contributed by atoms with van der Waals surface area (Å²) in [6.07, 6.45) is 4.67. The lowest BCUT2D eigenvalue weighted by atomic mass is 9.77. The molecule has 106 valence electrons. The molecule has 1 aromatic rings. The predicted octanol–water partition coefficient (Wildman–Crippen LogP) is 4.34. The lowest BCUT2D eigenvalue weighted by Gasteiger charge is -2.42. The van der Waals surface area contributed by atoms with E-state index < -0.39 is 0 Å². The summed E-state index contributed by atoms with van der Waals surface area (Å²) in [7, 11) is 0. The summed E-state index contributed by atoms with van der Waals surface area (Å²) < 4.78 is 6.31. The van der Waals surface area contributed by atoms with Crippen LogP contribution in [0.25, 0.3) is 0 Å². The third-order valence-corrected chi connectivity index (χ3v) is 4.10. The van der Waals surface area contributed by atoms with Crippen molar-refractivity contribution in [2.24, 2.45) is 0 Å². The maximum atomic E-state index is 6.31. The zero-order valence-corrected chi connectivity index (χ0v) is 12.9. The molecule has 3 heteroatoms. The van der Waals surface area contributed by atoms with Gasteiger partial charge in [0.1, 0.15) is 11.4 Å². The SMILES string of the molecule is Cc1cc(Cl)ccc1OC1(CCNC(C)C)CCC1. The van der Waals surface area contributed by atoms with Crippen LogP contribution < -0.4 is 10.1 Å². The van der Waals surface area contributed by atoms with Crippen LogP contribution in [0, 0.1) is 6.92 Å². The van der Waals surface area contributed by atoms with Gasteiger partial charge in [-0.3, -0.25) is 0 Å². The van der Waals surface area contributed by atoms with Crippen molar-refractivity contribution in [2.45, 2.75) is 58.1 Å². The minimum absolute atomic E-state index is 0.0421. The number of hydrogen-bond donors (Lipinski definition) is 1. The van der Waals surface area contributed by atoms with Gasteiger partial charge in [-0.2, -0.15) is 0 Å². The van der Waals surface area contributed by atoms with Crippen molar-refractivity contribution < 1.29 is 4.74 Å². The number of ether oxygens (including phenoxy) is 1. The highest BCUT2D eigenvalue weighted by Crippen LogP contribution is 2.40. The number of nitrogens with one attached hydrogen (secondary N) is 1. The first kappa shape index (κ1) is 14.7. The van der Waals surface area contributed by atoms with Crippen LogP contribution in [0.4, 0.5) is 0 Å². The van der Waals surface area contributed by atoms with E-state index in [-0.39, 0.29) is 5.60 Å². The molecule has 2 rings (SSSR count). The molecule has 1 aliphatic rings.